The molecule has 0 aromatic carbocycles. The highest BCUT2D eigenvalue weighted by Crippen LogP contribution is 2.30. The van der Waals surface area contributed by atoms with Crippen LogP contribution in [0.3, 0.4) is 0 Å². The molecule has 13 atom stereocenters. The van der Waals surface area contributed by atoms with Gasteiger partial charge in [0, 0.05) is 30.8 Å². The normalized spacial score (nSPS) is 39.9. The van der Waals surface area contributed by atoms with Crippen LogP contribution in [0.1, 0.15) is 72.6 Å². The molecule has 8 N–H and O–H groups in total. The molecule has 1 saturated heterocycles. The van der Waals surface area contributed by atoms with Crippen molar-refractivity contribution in [2.75, 3.05) is 0 Å². The fraction of sp³-hybridized carbons (Fsp3) is 0.694. The number of carbonyl (C=O) groups is 1. The van der Waals surface area contributed by atoms with Crippen molar-refractivity contribution in [1.82, 2.24) is 0 Å². The summed E-state index contributed by atoms with van der Waals surface area (Å²) in [5.74, 6) is -1.16. The number of esters is 1. The Balaban J connectivity index is 2.14. The lowest BCUT2D eigenvalue weighted by Gasteiger charge is -2.27. The van der Waals surface area contributed by atoms with E-state index in [9.17, 15) is 45.6 Å². The Bertz CT molecular complexity index is 1050. The zero-order chi connectivity index (χ0) is 35.1. The summed E-state index contributed by atoms with van der Waals surface area (Å²) in [5, 5.41) is 83.8. The molecule has 11 nitrogen and oxygen atoms in total. The van der Waals surface area contributed by atoms with E-state index in [1.807, 2.05) is 20.8 Å². The van der Waals surface area contributed by atoms with Crippen LogP contribution in [-0.4, -0.2) is 114 Å². The highest BCUT2D eigenvalue weighted by Gasteiger charge is 2.38. The minimum Gasteiger partial charge on any atom is -0.458 e. The molecule has 0 aromatic heterocycles. The number of fused-ring (bicyclic) bond motifs is 2. The van der Waals surface area contributed by atoms with Crippen LogP contribution in [0.2, 0.25) is 0 Å². The zero-order valence-corrected chi connectivity index (χ0v) is 28.1. The van der Waals surface area contributed by atoms with Crippen molar-refractivity contribution in [2.24, 2.45) is 17.8 Å². The molecule has 0 aliphatic carbocycles. The number of allylic oxidation sites excluding steroid dienone is 6. The van der Waals surface area contributed by atoms with Crippen LogP contribution in [0.5, 0.6) is 0 Å². The Morgan fingerprint density at radius 1 is 0.617 bits per heavy atom. The van der Waals surface area contributed by atoms with Crippen LogP contribution in [0.25, 0.3) is 0 Å². The van der Waals surface area contributed by atoms with E-state index in [-0.39, 0.29) is 50.4 Å². The van der Waals surface area contributed by atoms with Crippen LogP contribution >= 0.6 is 0 Å². The first-order chi connectivity index (χ1) is 22.2. The molecule has 0 unspecified atom stereocenters. The molecular formula is C36H58O11. The number of ether oxygens (including phenoxy) is 2. The maximum absolute atomic E-state index is 12.5. The lowest BCUT2D eigenvalue weighted by atomic mass is 9.90. The number of aliphatic hydroxyl groups is 8. The van der Waals surface area contributed by atoms with Crippen LogP contribution in [0.4, 0.5) is 0 Å². The van der Waals surface area contributed by atoms with E-state index in [2.05, 4.69) is 0 Å². The lowest BCUT2D eigenvalue weighted by molar-refractivity contribution is -0.147. The van der Waals surface area contributed by atoms with Gasteiger partial charge < -0.3 is 50.3 Å². The summed E-state index contributed by atoms with van der Waals surface area (Å²) in [6.07, 6.45) is 6.66. The Morgan fingerprint density at radius 2 is 1.13 bits per heavy atom. The van der Waals surface area contributed by atoms with Gasteiger partial charge in [0.25, 0.3) is 0 Å². The van der Waals surface area contributed by atoms with Crippen LogP contribution < -0.4 is 0 Å². The summed E-state index contributed by atoms with van der Waals surface area (Å²) in [4.78, 5) is 12.5. The summed E-state index contributed by atoms with van der Waals surface area (Å²) in [6, 6.07) is 0. The number of cyclic esters (lactones) is 1. The monoisotopic (exact) mass is 666 g/mol. The third-order valence-electron chi connectivity index (χ3n) is 8.74. The van der Waals surface area contributed by atoms with E-state index in [4.69, 9.17) is 9.47 Å². The second-order valence-electron chi connectivity index (χ2n) is 13.5. The molecule has 11 heteroatoms. The van der Waals surface area contributed by atoms with Crippen molar-refractivity contribution in [2.45, 2.75) is 140 Å². The largest absolute Gasteiger partial charge is 0.458 e. The summed E-state index contributed by atoms with van der Waals surface area (Å²) >= 11 is 0. The highest BCUT2D eigenvalue weighted by atomic mass is 16.5. The van der Waals surface area contributed by atoms with Gasteiger partial charge in [-0.3, -0.25) is 0 Å². The molecular weight excluding hydrogens is 608 g/mol. The van der Waals surface area contributed by atoms with Crippen molar-refractivity contribution in [1.29, 1.82) is 0 Å². The molecule has 2 aliphatic rings. The molecule has 0 aromatic rings. The summed E-state index contributed by atoms with van der Waals surface area (Å²) in [5.41, 5.74) is 0. The topological polar surface area (TPSA) is 197 Å². The van der Waals surface area contributed by atoms with E-state index in [0.717, 1.165) is 0 Å². The maximum atomic E-state index is 12.5. The first-order valence-electron chi connectivity index (χ1n) is 16.8. The standard InChI is InChI=1S/C36H58O11/c1-22(2)36-23(3)13-14-25(37)15-26(38)16-27(39)17-28(40)18-29(41)19-30(42)20-31(43)24(4)34-21-32(44)33(46-34)11-9-7-5-6-8-10-12-35(45)47-36/h5-14,22-34,36-44H,15-21H2,1-4H3/t23-,24+,25-,26-,27+,28-,29+,30+,31+,32+,33-,34-,36-/m0/s1. The van der Waals surface area contributed by atoms with Gasteiger partial charge in [0.1, 0.15) is 12.2 Å². The quantitative estimate of drug-likeness (QED) is 0.151. The summed E-state index contributed by atoms with van der Waals surface area (Å²) < 4.78 is 11.6. The zero-order valence-electron chi connectivity index (χ0n) is 28.1. The molecule has 268 valence electrons. The predicted molar refractivity (Wildman–Crippen MR) is 178 cm³/mol. The Kier molecular flexibility index (Phi) is 18.3. The van der Waals surface area contributed by atoms with Crippen molar-refractivity contribution >= 4 is 5.97 Å². The third kappa shape index (κ3) is 15.7. The molecule has 0 spiro atoms. The molecule has 0 saturated carbocycles. The van der Waals surface area contributed by atoms with E-state index in [1.165, 1.54) is 12.2 Å². The smallest absolute Gasteiger partial charge is 0.331 e. The van der Waals surface area contributed by atoms with Gasteiger partial charge in [-0.15, -0.1) is 0 Å². The molecule has 0 radical (unpaired) electrons. The van der Waals surface area contributed by atoms with E-state index in [1.54, 1.807) is 55.5 Å². The average molecular weight is 667 g/mol. The SMILES string of the molecule is CC(C)[C@@H]1OC(=O)C=CC=CC=CC=C[C@@H]2O[C@@H](C[C@H]2O)[C@H](C)[C@H](O)C[C@H](O)C[C@H](O)C[C@@H](O)C[C@H](O)C[C@@H](O)C[C@@H](O)C=C[C@@H]1C. The molecule has 2 heterocycles. The summed E-state index contributed by atoms with van der Waals surface area (Å²) in [7, 11) is 0. The molecule has 2 rings (SSSR count). The number of aliphatic hydroxyl groups excluding tert-OH is 8. The fourth-order valence-electron chi connectivity index (χ4n) is 6.07. The van der Waals surface area contributed by atoms with Gasteiger partial charge in [-0.1, -0.05) is 82.4 Å². The Labute approximate surface area is 279 Å². The molecule has 47 heavy (non-hydrogen) atoms. The van der Waals surface area contributed by atoms with Crippen molar-refractivity contribution < 1.29 is 55.1 Å². The van der Waals surface area contributed by atoms with E-state index >= 15 is 0 Å². The van der Waals surface area contributed by atoms with Gasteiger partial charge in [0.15, 0.2) is 0 Å². The molecule has 2 bridgehead atoms. The van der Waals surface area contributed by atoms with E-state index < -0.39 is 79.0 Å². The first kappa shape index (κ1) is 41.0. The Hall–Kier alpha value is -2.19. The van der Waals surface area contributed by atoms with Gasteiger partial charge >= 0.3 is 5.97 Å². The number of hydrogen-bond donors (Lipinski definition) is 8. The fourth-order valence-corrected chi connectivity index (χ4v) is 6.07. The lowest BCUT2D eigenvalue weighted by Crippen LogP contribution is -2.34. The van der Waals surface area contributed by atoms with Crippen molar-refractivity contribution in [3.63, 3.8) is 0 Å². The third-order valence-corrected chi connectivity index (χ3v) is 8.74. The van der Waals surface area contributed by atoms with Gasteiger partial charge in [0.2, 0.25) is 0 Å². The van der Waals surface area contributed by atoms with Gasteiger partial charge in [-0.25, -0.2) is 4.79 Å². The maximum Gasteiger partial charge on any atom is 0.331 e. The highest BCUT2D eigenvalue weighted by molar-refractivity contribution is 5.82. The van der Waals surface area contributed by atoms with Gasteiger partial charge in [0.05, 0.1) is 54.9 Å². The molecule has 1 fully saturated rings. The minimum absolute atomic E-state index is 0.00679. The van der Waals surface area contributed by atoms with Crippen molar-refractivity contribution in [3.05, 3.63) is 60.8 Å². The van der Waals surface area contributed by atoms with Gasteiger partial charge in [-0.2, -0.15) is 0 Å². The number of hydrogen-bond acceptors (Lipinski definition) is 11. The number of carbonyl (C=O) groups excluding carboxylic acids is 1. The van der Waals surface area contributed by atoms with E-state index in [0.29, 0.717) is 6.42 Å². The molecule has 0 amide bonds. The minimum atomic E-state index is -1.10. The Morgan fingerprint density at radius 3 is 1.70 bits per heavy atom. The average Bonchev–Trinajstić information content (AvgIpc) is 3.34. The predicted octanol–water partition coefficient (Wildman–Crippen LogP) is 2.01. The van der Waals surface area contributed by atoms with Crippen molar-refractivity contribution in [3.8, 4) is 0 Å². The molecule has 2 aliphatic heterocycles. The first-order valence-corrected chi connectivity index (χ1v) is 16.8. The van der Waals surface area contributed by atoms with Crippen LogP contribution in [0.15, 0.2) is 60.8 Å². The summed E-state index contributed by atoms with van der Waals surface area (Å²) in [6.45, 7) is 7.48. The van der Waals surface area contributed by atoms with Crippen LogP contribution in [-0.2, 0) is 14.3 Å². The second kappa shape index (κ2) is 21.0. The second-order valence-corrected chi connectivity index (χ2v) is 13.5. The van der Waals surface area contributed by atoms with Gasteiger partial charge in [-0.05, 0) is 38.0 Å². The van der Waals surface area contributed by atoms with Crippen LogP contribution in [0, 0.1) is 17.8 Å². The number of rotatable bonds is 1.